The number of carbonyl (C=O) groups is 1. The van der Waals surface area contributed by atoms with E-state index in [-0.39, 0.29) is 13.0 Å². The molecule has 0 atom stereocenters. The Balaban J connectivity index is 3.51. The lowest BCUT2D eigenvalue weighted by Crippen LogP contribution is -2.43. The molecule has 0 amide bonds. The molecule has 0 aromatic heterocycles. The van der Waals surface area contributed by atoms with Gasteiger partial charge in [0.1, 0.15) is 0 Å². The first kappa shape index (κ1) is 19.3. The van der Waals surface area contributed by atoms with Crippen LogP contribution in [0.5, 0.6) is 0 Å². The minimum atomic E-state index is -4.37. The van der Waals surface area contributed by atoms with Crippen molar-refractivity contribution in [1.29, 1.82) is 0 Å². The van der Waals surface area contributed by atoms with Crippen molar-refractivity contribution in [2.45, 2.75) is 58.3 Å². The van der Waals surface area contributed by atoms with Crippen LogP contribution < -0.4 is 0 Å². The molecule has 0 heterocycles. The van der Waals surface area contributed by atoms with Crippen LogP contribution in [0.3, 0.4) is 0 Å². The van der Waals surface area contributed by atoms with Gasteiger partial charge in [0.05, 0.1) is 6.61 Å². The van der Waals surface area contributed by atoms with Crippen molar-refractivity contribution in [2.24, 2.45) is 0 Å². The van der Waals surface area contributed by atoms with Crippen molar-refractivity contribution >= 4 is 15.0 Å². The molecule has 0 spiro atoms. The highest BCUT2D eigenvalue weighted by Crippen LogP contribution is 2.09. The molecular formula is C13H26O6Si. The standard InChI is InChI=1S/C13H26O6Si/c1-3-5-6-7-8-9-10-11-13(14)18-19-20(15,16)17-12-4-2/h4,15-16H,2-3,5-12H2,1H3. The smallest absolute Gasteiger partial charge is 0.366 e. The number of unbranched alkanes of at least 4 members (excludes halogenated alkanes) is 6. The molecule has 0 aliphatic carbocycles. The molecule has 0 saturated heterocycles. The second-order valence-corrected chi connectivity index (χ2v) is 6.11. The van der Waals surface area contributed by atoms with E-state index in [2.05, 4.69) is 27.4 Å². The number of hydrogen-bond donors (Lipinski definition) is 2. The topological polar surface area (TPSA) is 85.2 Å². The molecule has 2 N–H and O–H groups in total. The molecule has 0 bridgehead atoms. The number of hydrogen-bond acceptors (Lipinski definition) is 6. The third-order valence-electron chi connectivity index (χ3n) is 2.62. The van der Waals surface area contributed by atoms with E-state index in [1.165, 1.54) is 31.8 Å². The van der Waals surface area contributed by atoms with E-state index in [0.29, 0.717) is 6.42 Å². The summed E-state index contributed by atoms with van der Waals surface area (Å²) in [4.78, 5) is 34.0. The van der Waals surface area contributed by atoms with Gasteiger partial charge in [-0.3, -0.25) is 0 Å². The zero-order chi connectivity index (χ0) is 15.3. The van der Waals surface area contributed by atoms with E-state index in [4.69, 9.17) is 0 Å². The Hall–Kier alpha value is -0.733. The SMILES string of the molecule is C=CCO[Si](O)(O)OOC(=O)CCCCCCCCC. The zero-order valence-electron chi connectivity index (χ0n) is 12.2. The van der Waals surface area contributed by atoms with Gasteiger partial charge in [0.25, 0.3) is 0 Å². The number of rotatable bonds is 13. The van der Waals surface area contributed by atoms with Gasteiger partial charge >= 0.3 is 15.0 Å². The van der Waals surface area contributed by atoms with Gasteiger partial charge in [-0.25, -0.2) is 4.79 Å². The van der Waals surface area contributed by atoms with E-state index in [1.807, 2.05) is 0 Å². The normalized spacial score (nSPS) is 11.3. The summed E-state index contributed by atoms with van der Waals surface area (Å²) in [6.07, 6.45) is 9.14. The Labute approximate surface area is 121 Å². The van der Waals surface area contributed by atoms with E-state index >= 15 is 0 Å². The van der Waals surface area contributed by atoms with Gasteiger partial charge in [-0.1, -0.05) is 51.5 Å². The molecule has 0 aliphatic rings. The van der Waals surface area contributed by atoms with Gasteiger partial charge in [-0.2, -0.15) is 0 Å². The lowest BCUT2D eigenvalue weighted by atomic mass is 10.1. The third kappa shape index (κ3) is 12.3. The summed E-state index contributed by atoms with van der Waals surface area (Å²) in [6.45, 7) is 5.43. The summed E-state index contributed by atoms with van der Waals surface area (Å²) in [5.74, 6) is -0.624. The van der Waals surface area contributed by atoms with E-state index in [0.717, 1.165) is 12.8 Å². The molecule has 0 rings (SSSR count). The van der Waals surface area contributed by atoms with Gasteiger partial charge in [0, 0.05) is 6.42 Å². The van der Waals surface area contributed by atoms with Crippen molar-refractivity contribution in [3.8, 4) is 0 Å². The molecule has 0 radical (unpaired) electrons. The molecule has 0 saturated carbocycles. The first-order chi connectivity index (χ1) is 9.52. The Morgan fingerprint density at radius 3 is 2.35 bits per heavy atom. The molecule has 6 nitrogen and oxygen atoms in total. The van der Waals surface area contributed by atoms with Gasteiger partial charge in [-0.15, -0.1) is 11.2 Å². The van der Waals surface area contributed by atoms with Crippen LogP contribution in [0.15, 0.2) is 12.7 Å². The van der Waals surface area contributed by atoms with Gasteiger partial charge in [0.15, 0.2) is 0 Å². The fourth-order valence-electron chi connectivity index (χ4n) is 1.56. The summed E-state index contributed by atoms with van der Waals surface area (Å²) in [7, 11) is -4.37. The van der Waals surface area contributed by atoms with Crippen LogP contribution in [0, 0.1) is 0 Å². The molecule has 0 fully saturated rings. The van der Waals surface area contributed by atoms with Crippen LogP contribution in [-0.2, 0) is 18.7 Å². The van der Waals surface area contributed by atoms with Gasteiger partial charge in [0.2, 0.25) is 0 Å². The minimum absolute atomic E-state index is 0.0888. The van der Waals surface area contributed by atoms with Crippen LogP contribution in [0.1, 0.15) is 58.3 Å². The van der Waals surface area contributed by atoms with Gasteiger partial charge < -0.3 is 18.9 Å². The lowest BCUT2D eigenvalue weighted by Gasteiger charge is -2.14. The molecule has 7 heteroatoms. The van der Waals surface area contributed by atoms with Crippen LogP contribution in [0.25, 0.3) is 0 Å². The zero-order valence-corrected chi connectivity index (χ0v) is 13.2. The van der Waals surface area contributed by atoms with Crippen molar-refractivity contribution in [1.82, 2.24) is 0 Å². The van der Waals surface area contributed by atoms with Crippen molar-refractivity contribution in [3.05, 3.63) is 12.7 Å². The molecular weight excluding hydrogens is 280 g/mol. The lowest BCUT2D eigenvalue weighted by molar-refractivity contribution is -0.251. The maximum absolute atomic E-state index is 11.3. The fourth-order valence-corrected chi connectivity index (χ4v) is 2.14. The molecule has 20 heavy (non-hydrogen) atoms. The van der Waals surface area contributed by atoms with Crippen LogP contribution in [0.4, 0.5) is 0 Å². The second kappa shape index (κ2) is 12.0. The minimum Gasteiger partial charge on any atom is -0.366 e. The second-order valence-electron chi connectivity index (χ2n) is 4.56. The molecule has 0 unspecified atom stereocenters. The predicted octanol–water partition coefficient (Wildman–Crippen LogP) is 2.22. The summed E-state index contributed by atoms with van der Waals surface area (Å²) in [5.41, 5.74) is 0. The average molecular weight is 306 g/mol. The summed E-state index contributed by atoms with van der Waals surface area (Å²) in [5, 5.41) is 0. The molecule has 0 aromatic carbocycles. The van der Waals surface area contributed by atoms with E-state index in [1.54, 1.807) is 0 Å². The van der Waals surface area contributed by atoms with Crippen LogP contribution in [-0.4, -0.2) is 31.2 Å². The Kier molecular flexibility index (Phi) is 11.6. The van der Waals surface area contributed by atoms with Gasteiger partial charge in [-0.05, 0) is 6.42 Å². The highest BCUT2D eigenvalue weighted by molar-refractivity contribution is 6.50. The van der Waals surface area contributed by atoms with Crippen molar-refractivity contribution < 1.29 is 28.3 Å². The Bertz CT molecular complexity index is 270. The molecule has 0 aromatic rings. The van der Waals surface area contributed by atoms with Crippen LogP contribution >= 0.6 is 0 Å². The Morgan fingerprint density at radius 2 is 1.75 bits per heavy atom. The van der Waals surface area contributed by atoms with Crippen molar-refractivity contribution in [3.63, 3.8) is 0 Å². The van der Waals surface area contributed by atoms with E-state index in [9.17, 15) is 14.4 Å². The summed E-state index contributed by atoms with van der Waals surface area (Å²) < 4.78 is 8.78. The van der Waals surface area contributed by atoms with E-state index < -0.39 is 15.0 Å². The third-order valence-corrected chi connectivity index (χ3v) is 3.46. The maximum atomic E-state index is 11.3. The largest absolute Gasteiger partial charge is 0.712 e. The maximum Gasteiger partial charge on any atom is 0.712 e. The Morgan fingerprint density at radius 1 is 1.15 bits per heavy atom. The van der Waals surface area contributed by atoms with Crippen LogP contribution in [0.2, 0.25) is 0 Å². The molecule has 0 aliphatic heterocycles. The fraction of sp³-hybridized carbons (Fsp3) is 0.769. The molecule has 118 valence electrons. The first-order valence-electron chi connectivity index (χ1n) is 7.10. The highest BCUT2D eigenvalue weighted by atomic mass is 28.4. The predicted molar refractivity (Wildman–Crippen MR) is 76.1 cm³/mol. The monoisotopic (exact) mass is 306 g/mol. The first-order valence-corrected chi connectivity index (χ1v) is 8.81. The quantitative estimate of drug-likeness (QED) is 0.178. The number of carbonyl (C=O) groups excluding carboxylic acids is 1. The average Bonchev–Trinajstić information content (AvgIpc) is 2.42. The summed E-state index contributed by atoms with van der Waals surface area (Å²) >= 11 is 0. The summed E-state index contributed by atoms with van der Waals surface area (Å²) in [6, 6.07) is 0. The van der Waals surface area contributed by atoms with Crippen molar-refractivity contribution in [2.75, 3.05) is 6.61 Å². The highest BCUT2D eigenvalue weighted by Gasteiger charge is 2.39.